The molecule has 9 heteroatoms. The molecule has 9 nitrogen and oxygen atoms in total. The molecule has 1 aliphatic rings. The SMILES string of the molecule is O=c1c2ncn([C@H]3C[C@@H](O)[C@@H](CO)O3)c2nc2n[13cH][13cH][13cH]n12. The fraction of sp³-hybridized carbons (Fsp3) is 0.385. The number of imidazole rings is 1. The number of aliphatic hydroxyl groups is 2. The summed E-state index contributed by atoms with van der Waals surface area (Å²) < 4.78 is 8.49. The Morgan fingerprint density at radius 1 is 1.41 bits per heavy atom. The van der Waals surface area contributed by atoms with Crippen LogP contribution in [0.5, 0.6) is 0 Å². The van der Waals surface area contributed by atoms with Gasteiger partial charge in [-0.05, 0) is 6.07 Å². The summed E-state index contributed by atoms with van der Waals surface area (Å²) in [6.45, 7) is -0.273. The van der Waals surface area contributed by atoms with Crippen LogP contribution in [0.3, 0.4) is 0 Å². The van der Waals surface area contributed by atoms with Crippen molar-refractivity contribution in [2.24, 2.45) is 0 Å². The quantitative estimate of drug-likeness (QED) is 0.629. The van der Waals surface area contributed by atoms with Crippen molar-refractivity contribution < 1.29 is 14.9 Å². The summed E-state index contributed by atoms with van der Waals surface area (Å²) in [5, 5.41) is 19.0. The lowest BCUT2D eigenvalue weighted by molar-refractivity contribution is -0.0432. The number of fused-ring (bicyclic) bond motifs is 2. The van der Waals surface area contributed by atoms with E-state index in [0.29, 0.717) is 12.1 Å². The summed E-state index contributed by atoms with van der Waals surface area (Å²) in [7, 11) is 0. The molecule has 1 fully saturated rings. The summed E-state index contributed by atoms with van der Waals surface area (Å²) in [5.41, 5.74) is 0.236. The number of ether oxygens (including phenoxy) is 1. The van der Waals surface area contributed by atoms with Gasteiger partial charge in [-0.15, -0.1) is 0 Å². The van der Waals surface area contributed by atoms with Gasteiger partial charge >= 0.3 is 0 Å². The van der Waals surface area contributed by atoms with Crippen LogP contribution in [0.4, 0.5) is 0 Å². The van der Waals surface area contributed by atoms with Gasteiger partial charge in [0.1, 0.15) is 12.3 Å². The summed E-state index contributed by atoms with van der Waals surface area (Å²) >= 11 is 0. The molecular weight excluding hydrogens is 293 g/mol. The second kappa shape index (κ2) is 4.83. The first kappa shape index (κ1) is 13.3. The Bertz CT molecular complexity index is 904. The number of hydrogen-bond acceptors (Lipinski definition) is 7. The summed E-state index contributed by atoms with van der Waals surface area (Å²) in [6, 6.07) is 1.64. The second-order valence-corrected chi connectivity index (χ2v) is 5.15. The van der Waals surface area contributed by atoms with E-state index in [4.69, 9.17) is 9.84 Å². The predicted octanol–water partition coefficient (Wildman–Crippen LogP) is -0.920. The smallest absolute Gasteiger partial charge is 0.287 e. The van der Waals surface area contributed by atoms with Gasteiger partial charge in [0.2, 0.25) is 5.78 Å². The Hall–Kier alpha value is -2.36. The van der Waals surface area contributed by atoms with E-state index in [1.165, 1.54) is 10.7 Å². The maximum absolute atomic E-state index is 12.4. The van der Waals surface area contributed by atoms with E-state index in [0.717, 1.165) is 0 Å². The number of rotatable bonds is 2. The Morgan fingerprint density at radius 2 is 2.27 bits per heavy atom. The standard InChI is InChI=1S/C13H13N5O4/c19-5-8-7(20)4-9(22-8)18-6-15-10-11(18)16-13-14-2-1-3-17(13)12(10)21/h1-3,6-9,19-20H,4-5H2/t7-,8-,9-/m1/s1/i1+1,2+1,3+1. The molecule has 1 saturated heterocycles. The normalized spacial score (nSPS) is 25.3. The molecule has 2 N–H and O–H groups in total. The third kappa shape index (κ3) is 1.83. The first-order chi connectivity index (χ1) is 10.7. The first-order valence-corrected chi connectivity index (χ1v) is 6.83. The fourth-order valence-electron chi connectivity index (χ4n) is 2.69. The summed E-state index contributed by atoms with van der Waals surface area (Å²) in [5.74, 6) is 0.263. The topological polar surface area (TPSA) is 115 Å². The average molecular weight is 306 g/mol. The number of hydrogen-bond donors (Lipinski definition) is 2. The van der Waals surface area contributed by atoms with Crippen LogP contribution < -0.4 is 5.56 Å². The maximum atomic E-state index is 12.4. The molecule has 0 bridgehead atoms. The van der Waals surface area contributed by atoms with Crippen molar-refractivity contribution in [2.75, 3.05) is 6.61 Å². The van der Waals surface area contributed by atoms with Crippen LogP contribution in [0.25, 0.3) is 16.9 Å². The van der Waals surface area contributed by atoms with Crippen LogP contribution in [0.2, 0.25) is 0 Å². The molecule has 4 rings (SSSR count). The van der Waals surface area contributed by atoms with E-state index in [2.05, 4.69) is 15.0 Å². The van der Waals surface area contributed by atoms with Gasteiger partial charge in [-0.1, -0.05) is 0 Å². The first-order valence-electron chi connectivity index (χ1n) is 6.83. The van der Waals surface area contributed by atoms with Crippen LogP contribution in [0.1, 0.15) is 12.6 Å². The van der Waals surface area contributed by atoms with Crippen LogP contribution >= 0.6 is 0 Å². The molecule has 0 saturated carbocycles. The molecule has 22 heavy (non-hydrogen) atoms. The van der Waals surface area contributed by atoms with Gasteiger partial charge in [0.25, 0.3) is 5.56 Å². The molecule has 0 aromatic carbocycles. The lowest BCUT2D eigenvalue weighted by atomic mass is 10.2. The van der Waals surface area contributed by atoms with Gasteiger partial charge in [0.05, 0.1) is 19.0 Å². The van der Waals surface area contributed by atoms with E-state index in [9.17, 15) is 9.90 Å². The summed E-state index contributed by atoms with van der Waals surface area (Å²) in [6.07, 6.45) is 2.92. The van der Waals surface area contributed by atoms with Crippen molar-refractivity contribution >= 4 is 16.9 Å². The molecule has 0 amide bonds. The average Bonchev–Trinajstić information content (AvgIpc) is 3.11. The van der Waals surface area contributed by atoms with E-state index < -0.39 is 18.4 Å². The number of aromatic nitrogens is 5. The zero-order chi connectivity index (χ0) is 15.3. The van der Waals surface area contributed by atoms with Crippen molar-refractivity contribution in [1.29, 1.82) is 0 Å². The molecule has 0 unspecified atom stereocenters. The lowest BCUT2D eigenvalue weighted by Gasteiger charge is -2.13. The molecule has 0 spiro atoms. The molecule has 3 aromatic heterocycles. The van der Waals surface area contributed by atoms with E-state index in [1.54, 1.807) is 23.0 Å². The highest BCUT2D eigenvalue weighted by Crippen LogP contribution is 2.30. The molecule has 0 radical (unpaired) electrons. The molecular formula is C13H13N5O4. The van der Waals surface area contributed by atoms with Gasteiger partial charge in [0, 0.05) is 18.8 Å². The molecule has 4 heterocycles. The van der Waals surface area contributed by atoms with Crippen molar-refractivity contribution in [3.63, 3.8) is 0 Å². The zero-order valence-corrected chi connectivity index (χ0v) is 11.4. The fourth-order valence-corrected chi connectivity index (χ4v) is 2.69. The highest BCUT2D eigenvalue weighted by Gasteiger charge is 2.35. The maximum Gasteiger partial charge on any atom is 0.287 e. The second-order valence-electron chi connectivity index (χ2n) is 5.15. The minimum Gasteiger partial charge on any atom is -0.394 e. The van der Waals surface area contributed by atoms with Crippen LogP contribution in [-0.4, -0.2) is 52.9 Å². The van der Waals surface area contributed by atoms with E-state index in [-0.39, 0.29) is 23.5 Å². The van der Waals surface area contributed by atoms with Crippen LogP contribution in [-0.2, 0) is 4.74 Å². The van der Waals surface area contributed by atoms with Crippen molar-refractivity contribution in [3.05, 3.63) is 35.1 Å². The Balaban J connectivity index is 1.88. The zero-order valence-electron chi connectivity index (χ0n) is 11.4. The molecule has 3 atom stereocenters. The van der Waals surface area contributed by atoms with E-state index in [1.807, 2.05) is 0 Å². The van der Waals surface area contributed by atoms with Crippen molar-refractivity contribution in [3.8, 4) is 0 Å². The third-order valence-electron chi connectivity index (χ3n) is 3.82. The lowest BCUT2D eigenvalue weighted by Crippen LogP contribution is -2.24. The predicted molar refractivity (Wildman–Crippen MR) is 74.2 cm³/mol. The van der Waals surface area contributed by atoms with Crippen molar-refractivity contribution in [1.82, 2.24) is 23.9 Å². The largest absolute Gasteiger partial charge is 0.394 e. The van der Waals surface area contributed by atoms with Gasteiger partial charge in [0.15, 0.2) is 11.2 Å². The molecule has 3 aromatic rings. The number of aliphatic hydroxyl groups excluding tert-OH is 2. The molecule has 1 aliphatic heterocycles. The van der Waals surface area contributed by atoms with Gasteiger partial charge in [-0.3, -0.25) is 9.36 Å². The summed E-state index contributed by atoms with van der Waals surface area (Å²) in [4.78, 5) is 24.9. The minimum absolute atomic E-state index is 0.205. The number of nitrogens with zero attached hydrogens (tertiary/aromatic N) is 5. The van der Waals surface area contributed by atoms with Gasteiger partial charge < -0.3 is 14.9 Å². The Morgan fingerprint density at radius 3 is 3.05 bits per heavy atom. The van der Waals surface area contributed by atoms with Crippen molar-refractivity contribution in [2.45, 2.75) is 24.9 Å². The van der Waals surface area contributed by atoms with Gasteiger partial charge in [-0.2, -0.15) is 4.98 Å². The minimum atomic E-state index is -0.771. The molecule has 114 valence electrons. The Kier molecular flexibility index (Phi) is 2.93. The van der Waals surface area contributed by atoms with Gasteiger partial charge in [-0.25, -0.2) is 14.4 Å². The third-order valence-corrected chi connectivity index (χ3v) is 3.82. The van der Waals surface area contributed by atoms with Crippen LogP contribution in [0.15, 0.2) is 29.6 Å². The monoisotopic (exact) mass is 306 g/mol. The highest BCUT2D eigenvalue weighted by atomic mass is 16.5. The Labute approximate surface area is 123 Å². The highest BCUT2D eigenvalue weighted by molar-refractivity contribution is 5.71. The van der Waals surface area contributed by atoms with Crippen LogP contribution in [0, 0.1) is 0 Å². The molecule has 0 aliphatic carbocycles. The van der Waals surface area contributed by atoms with E-state index >= 15 is 0 Å².